The Kier molecular flexibility index (Phi) is 5.20. The summed E-state index contributed by atoms with van der Waals surface area (Å²) in [5.74, 6) is 0. The van der Waals surface area contributed by atoms with Crippen LogP contribution in [0.2, 0.25) is 0 Å². The maximum atomic E-state index is 4.97. The Morgan fingerprint density at radius 2 is 0.767 bits per heavy atom. The van der Waals surface area contributed by atoms with Gasteiger partial charge in [-0.2, -0.15) is 0 Å². The number of pyridine rings is 2. The molecule has 0 unspecified atom stereocenters. The van der Waals surface area contributed by atoms with E-state index in [9.17, 15) is 0 Å². The van der Waals surface area contributed by atoms with Crippen LogP contribution in [0.4, 0.5) is 0 Å². The molecule has 3 heteroatoms. The maximum Gasteiger partial charge on any atom is 0.0726 e. The first-order valence-electron chi connectivity index (χ1n) is 14.6. The molecule has 3 nitrogen and oxygen atoms in total. The van der Waals surface area contributed by atoms with Crippen molar-refractivity contribution in [1.29, 1.82) is 0 Å². The number of benzene rings is 5. The lowest BCUT2D eigenvalue weighted by Gasteiger charge is -2.07. The van der Waals surface area contributed by atoms with Crippen LogP contribution in [-0.2, 0) is 0 Å². The number of aromatic nitrogens is 3. The summed E-state index contributed by atoms with van der Waals surface area (Å²) in [7, 11) is 0. The second kappa shape index (κ2) is 9.37. The van der Waals surface area contributed by atoms with Crippen LogP contribution >= 0.6 is 0 Å². The number of nitrogens with zero attached hydrogens (tertiary/aromatic N) is 3. The lowest BCUT2D eigenvalue weighted by atomic mass is 10.0. The Hall–Kier alpha value is -5.80. The molecule has 0 bridgehead atoms. The van der Waals surface area contributed by atoms with E-state index in [1.165, 1.54) is 49.3 Å². The van der Waals surface area contributed by atoms with E-state index in [1.807, 2.05) is 12.4 Å². The molecule has 43 heavy (non-hydrogen) atoms. The second-order valence-electron chi connectivity index (χ2n) is 11.1. The lowest BCUT2D eigenvalue weighted by Crippen LogP contribution is -1.88. The lowest BCUT2D eigenvalue weighted by molar-refractivity contribution is 1.27. The van der Waals surface area contributed by atoms with E-state index < -0.39 is 0 Å². The number of rotatable bonds is 4. The second-order valence-corrected chi connectivity index (χ2v) is 11.1. The number of hydrogen-bond donors (Lipinski definition) is 0. The largest absolute Gasteiger partial charge is 0.305 e. The summed E-state index contributed by atoms with van der Waals surface area (Å²) in [4.78, 5) is 9.95. The Labute approximate surface area is 248 Å². The van der Waals surface area contributed by atoms with E-state index in [-0.39, 0.29) is 0 Å². The van der Waals surface area contributed by atoms with Crippen molar-refractivity contribution in [3.05, 3.63) is 152 Å². The number of para-hydroxylation sites is 1. The van der Waals surface area contributed by atoms with E-state index in [0.717, 1.165) is 33.5 Å². The summed E-state index contributed by atoms with van der Waals surface area (Å²) in [6.45, 7) is 0. The van der Waals surface area contributed by atoms with Crippen LogP contribution in [-0.4, -0.2) is 14.4 Å². The molecule has 0 aliphatic carbocycles. The minimum Gasteiger partial charge on any atom is -0.305 e. The predicted molar refractivity (Wildman–Crippen MR) is 178 cm³/mol. The normalized spacial score (nSPS) is 11.7. The first-order valence-corrected chi connectivity index (χ1v) is 14.6. The molecule has 0 spiro atoms. The van der Waals surface area contributed by atoms with Gasteiger partial charge < -0.3 is 4.40 Å². The topological polar surface area (TPSA) is 30.2 Å². The molecule has 0 radical (unpaired) electrons. The van der Waals surface area contributed by atoms with Gasteiger partial charge in [-0.25, -0.2) is 0 Å². The van der Waals surface area contributed by atoms with E-state index >= 15 is 0 Å². The quantitative estimate of drug-likeness (QED) is 0.219. The summed E-state index contributed by atoms with van der Waals surface area (Å²) < 4.78 is 2.34. The Morgan fingerprint density at radius 3 is 1.26 bits per heavy atom. The van der Waals surface area contributed by atoms with Crippen LogP contribution in [0.25, 0.3) is 82.9 Å². The fourth-order valence-electron chi connectivity index (χ4n) is 6.57. The zero-order valence-corrected chi connectivity index (χ0v) is 23.3. The maximum absolute atomic E-state index is 4.97. The Morgan fingerprint density at radius 1 is 0.349 bits per heavy atom. The molecule has 0 atom stereocenters. The van der Waals surface area contributed by atoms with Crippen molar-refractivity contribution in [3.8, 4) is 44.8 Å². The van der Waals surface area contributed by atoms with Gasteiger partial charge in [-0.05, 0) is 46.5 Å². The molecule has 200 valence electrons. The molecule has 0 aliphatic heterocycles. The van der Waals surface area contributed by atoms with Gasteiger partial charge in [-0.1, -0.05) is 115 Å². The monoisotopic (exact) mass is 547 g/mol. The molecule has 0 aliphatic rings. The van der Waals surface area contributed by atoms with Gasteiger partial charge in [-0.15, -0.1) is 0 Å². The summed E-state index contributed by atoms with van der Waals surface area (Å²) in [6.07, 6.45) is 4.05. The van der Waals surface area contributed by atoms with Crippen molar-refractivity contribution in [2.24, 2.45) is 0 Å². The van der Waals surface area contributed by atoms with Crippen LogP contribution < -0.4 is 0 Å². The molecule has 0 saturated heterocycles. The zero-order chi connectivity index (χ0) is 28.3. The molecule has 0 amide bonds. The minimum absolute atomic E-state index is 0.974. The smallest absolute Gasteiger partial charge is 0.0726 e. The number of fused-ring (bicyclic) bond motifs is 6. The van der Waals surface area contributed by atoms with Crippen LogP contribution in [0.3, 0.4) is 0 Å². The summed E-state index contributed by atoms with van der Waals surface area (Å²) >= 11 is 0. The molecule has 9 aromatic rings. The SMILES string of the molecule is c1ccc(-c2cccc(-c3cc4c5cccc6c7cc(-c8cccc(-c9ccccc9)c8)ncc7n(c4cn3)c56)c2)cc1. The molecule has 4 aromatic heterocycles. The molecule has 5 aromatic carbocycles. The molecule has 4 heterocycles. The molecule has 0 N–H and O–H groups in total. The first-order chi connectivity index (χ1) is 21.3. The van der Waals surface area contributed by atoms with Crippen molar-refractivity contribution in [2.45, 2.75) is 0 Å². The Bertz CT molecular complexity index is 2270. The fraction of sp³-hybridized carbons (Fsp3) is 0. The molecule has 0 fully saturated rings. The van der Waals surface area contributed by atoms with E-state index in [4.69, 9.17) is 9.97 Å². The van der Waals surface area contributed by atoms with Crippen molar-refractivity contribution in [3.63, 3.8) is 0 Å². The van der Waals surface area contributed by atoms with E-state index in [0.29, 0.717) is 0 Å². The van der Waals surface area contributed by atoms with Gasteiger partial charge in [0.05, 0.1) is 40.3 Å². The molecule has 0 saturated carbocycles. The van der Waals surface area contributed by atoms with Gasteiger partial charge in [-0.3, -0.25) is 9.97 Å². The summed E-state index contributed by atoms with van der Waals surface area (Å²) in [5.41, 5.74) is 12.4. The third-order valence-corrected chi connectivity index (χ3v) is 8.62. The third kappa shape index (κ3) is 3.75. The molecule has 9 rings (SSSR count). The van der Waals surface area contributed by atoms with Gasteiger partial charge in [0, 0.05) is 32.7 Å². The summed E-state index contributed by atoms with van der Waals surface area (Å²) in [5, 5.41) is 4.88. The van der Waals surface area contributed by atoms with Gasteiger partial charge in [0.25, 0.3) is 0 Å². The fourth-order valence-corrected chi connectivity index (χ4v) is 6.57. The average molecular weight is 548 g/mol. The van der Waals surface area contributed by atoms with Gasteiger partial charge in [0.1, 0.15) is 0 Å². The Balaban J connectivity index is 1.19. The van der Waals surface area contributed by atoms with Crippen molar-refractivity contribution in [1.82, 2.24) is 14.4 Å². The van der Waals surface area contributed by atoms with Crippen LogP contribution in [0.5, 0.6) is 0 Å². The van der Waals surface area contributed by atoms with Gasteiger partial charge >= 0.3 is 0 Å². The van der Waals surface area contributed by atoms with Crippen LogP contribution in [0.15, 0.2) is 152 Å². The van der Waals surface area contributed by atoms with Crippen molar-refractivity contribution < 1.29 is 0 Å². The van der Waals surface area contributed by atoms with Crippen molar-refractivity contribution in [2.75, 3.05) is 0 Å². The van der Waals surface area contributed by atoms with E-state index in [1.54, 1.807) is 0 Å². The standard InChI is InChI=1S/C40H25N3/c1-3-10-26(11-4-1)28-14-7-16-30(20-28)36-22-34-32-18-9-19-33-35-23-37(42-25-39(35)43(40(32)33)38(34)24-41-36)31-17-8-15-29(21-31)27-12-5-2-6-13-27/h1-25H. The van der Waals surface area contributed by atoms with Crippen LogP contribution in [0.1, 0.15) is 0 Å². The van der Waals surface area contributed by atoms with Gasteiger partial charge in [0.15, 0.2) is 0 Å². The predicted octanol–water partition coefficient (Wildman–Crippen LogP) is 10.3. The van der Waals surface area contributed by atoms with Gasteiger partial charge in [0.2, 0.25) is 0 Å². The molecular formula is C40H25N3. The van der Waals surface area contributed by atoms with Crippen LogP contribution in [0, 0.1) is 0 Å². The third-order valence-electron chi connectivity index (χ3n) is 8.62. The zero-order valence-electron chi connectivity index (χ0n) is 23.3. The average Bonchev–Trinajstić information content (AvgIpc) is 3.61. The summed E-state index contributed by atoms with van der Waals surface area (Å²) in [6, 6.07) is 49.4. The highest BCUT2D eigenvalue weighted by Crippen LogP contribution is 2.40. The highest BCUT2D eigenvalue weighted by atomic mass is 14.9. The number of hydrogen-bond acceptors (Lipinski definition) is 2. The van der Waals surface area contributed by atoms with Crippen molar-refractivity contribution >= 4 is 38.1 Å². The highest BCUT2D eigenvalue weighted by Gasteiger charge is 2.19. The highest BCUT2D eigenvalue weighted by molar-refractivity contribution is 6.23. The molecular weight excluding hydrogens is 522 g/mol. The van der Waals surface area contributed by atoms with E-state index in [2.05, 4.69) is 144 Å². The minimum atomic E-state index is 0.974. The first kappa shape index (κ1) is 23.9.